The maximum absolute atomic E-state index is 12.7. The van der Waals surface area contributed by atoms with Crippen LogP contribution in [-0.4, -0.2) is 42.0 Å². The summed E-state index contributed by atoms with van der Waals surface area (Å²) in [5.74, 6) is 0.313. The van der Waals surface area contributed by atoms with Crippen LogP contribution in [0.2, 0.25) is 0 Å². The lowest BCUT2D eigenvalue weighted by molar-refractivity contribution is -0.130. The fourth-order valence-corrected chi connectivity index (χ4v) is 3.15. The van der Waals surface area contributed by atoms with Gasteiger partial charge in [-0.05, 0) is 24.8 Å². The van der Waals surface area contributed by atoms with Gasteiger partial charge in [0.1, 0.15) is 11.8 Å². The largest absolute Gasteiger partial charge is 0.360 e. The van der Waals surface area contributed by atoms with Gasteiger partial charge in [0.2, 0.25) is 5.91 Å². The molecule has 25 heavy (non-hydrogen) atoms. The molecule has 1 aromatic carbocycles. The molecule has 0 saturated carbocycles. The number of rotatable bonds is 5. The van der Waals surface area contributed by atoms with E-state index in [0.29, 0.717) is 12.1 Å². The SMILES string of the molecule is CN(C)C(=O)[C@H](Cc1ccccc1)NC(=O)c1noc2c1CCCC2. The number of benzene rings is 1. The van der Waals surface area contributed by atoms with E-state index >= 15 is 0 Å². The van der Waals surface area contributed by atoms with Crippen LogP contribution in [0.4, 0.5) is 0 Å². The highest BCUT2D eigenvalue weighted by molar-refractivity contribution is 5.97. The third-order valence-electron chi connectivity index (χ3n) is 4.49. The first kappa shape index (κ1) is 17.2. The summed E-state index contributed by atoms with van der Waals surface area (Å²) in [5, 5.41) is 6.80. The van der Waals surface area contributed by atoms with Crippen molar-refractivity contribution in [2.75, 3.05) is 14.1 Å². The summed E-state index contributed by atoms with van der Waals surface area (Å²) >= 11 is 0. The average molecular weight is 341 g/mol. The van der Waals surface area contributed by atoms with Crippen molar-refractivity contribution >= 4 is 11.8 Å². The Labute approximate surface area is 147 Å². The lowest BCUT2D eigenvalue weighted by Gasteiger charge is -2.21. The summed E-state index contributed by atoms with van der Waals surface area (Å²) in [7, 11) is 3.37. The first-order valence-electron chi connectivity index (χ1n) is 8.59. The Morgan fingerprint density at radius 3 is 2.64 bits per heavy atom. The summed E-state index contributed by atoms with van der Waals surface area (Å²) in [5.41, 5.74) is 2.20. The van der Waals surface area contributed by atoms with E-state index in [1.54, 1.807) is 14.1 Å². The van der Waals surface area contributed by atoms with Crippen molar-refractivity contribution in [3.63, 3.8) is 0 Å². The number of aromatic nitrogens is 1. The van der Waals surface area contributed by atoms with Crippen molar-refractivity contribution in [1.29, 1.82) is 0 Å². The van der Waals surface area contributed by atoms with Crippen molar-refractivity contribution in [3.05, 3.63) is 52.9 Å². The molecule has 0 bridgehead atoms. The van der Waals surface area contributed by atoms with Gasteiger partial charge in [0.05, 0.1) is 0 Å². The molecule has 0 spiro atoms. The molecule has 1 atom stereocenters. The minimum atomic E-state index is -0.638. The number of likely N-dealkylation sites (N-methyl/N-ethyl adjacent to an activating group) is 1. The fourth-order valence-electron chi connectivity index (χ4n) is 3.15. The number of hydrogen-bond donors (Lipinski definition) is 1. The summed E-state index contributed by atoms with van der Waals surface area (Å²) in [4.78, 5) is 26.7. The van der Waals surface area contributed by atoms with Gasteiger partial charge in [-0.25, -0.2) is 0 Å². The van der Waals surface area contributed by atoms with E-state index in [2.05, 4.69) is 10.5 Å². The van der Waals surface area contributed by atoms with Crippen LogP contribution >= 0.6 is 0 Å². The molecule has 1 aliphatic carbocycles. The van der Waals surface area contributed by atoms with Crippen LogP contribution in [0.5, 0.6) is 0 Å². The molecule has 6 nitrogen and oxygen atoms in total. The van der Waals surface area contributed by atoms with Gasteiger partial charge in [-0.15, -0.1) is 0 Å². The molecule has 1 heterocycles. The van der Waals surface area contributed by atoms with Gasteiger partial charge in [-0.1, -0.05) is 35.5 Å². The predicted octanol–water partition coefficient (Wildman–Crippen LogP) is 1.98. The Kier molecular flexibility index (Phi) is 5.16. The van der Waals surface area contributed by atoms with E-state index in [-0.39, 0.29) is 11.8 Å². The van der Waals surface area contributed by atoms with Gasteiger partial charge in [0.15, 0.2) is 5.69 Å². The van der Waals surface area contributed by atoms with Gasteiger partial charge < -0.3 is 14.7 Å². The van der Waals surface area contributed by atoms with Crippen LogP contribution in [0.25, 0.3) is 0 Å². The van der Waals surface area contributed by atoms with Crippen molar-refractivity contribution in [2.24, 2.45) is 0 Å². The molecule has 132 valence electrons. The third kappa shape index (κ3) is 3.90. The highest BCUT2D eigenvalue weighted by Crippen LogP contribution is 2.24. The zero-order valence-electron chi connectivity index (χ0n) is 14.6. The second-order valence-corrected chi connectivity index (χ2v) is 6.59. The molecule has 0 aliphatic heterocycles. The number of carbonyl (C=O) groups excluding carboxylic acids is 2. The van der Waals surface area contributed by atoms with Crippen LogP contribution in [0, 0.1) is 0 Å². The van der Waals surface area contributed by atoms with Gasteiger partial charge in [0.25, 0.3) is 5.91 Å². The highest BCUT2D eigenvalue weighted by Gasteiger charge is 2.28. The van der Waals surface area contributed by atoms with Crippen molar-refractivity contribution in [3.8, 4) is 0 Å². The molecule has 6 heteroatoms. The second kappa shape index (κ2) is 7.51. The first-order valence-corrected chi connectivity index (χ1v) is 8.59. The van der Waals surface area contributed by atoms with Gasteiger partial charge in [-0.2, -0.15) is 0 Å². The Morgan fingerprint density at radius 1 is 1.20 bits per heavy atom. The van der Waals surface area contributed by atoms with E-state index in [4.69, 9.17) is 4.52 Å². The number of fused-ring (bicyclic) bond motifs is 1. The molecule has 0 radical (unpaired) electrons. The Balaban J connectivity index is 1.78. The lowest BCUT2D eigenvalue weighted by atomic mass is 9.96. The van der Waals surface area contributed by atoms with Crippen LogP contribution in [0.3, 0.4) is 0 Å². The monoisotopic (exact) mass is 341 g/mol. The van der Waals surface area contributed by atoms with Crippen LogP contribution in [-0.2, 0) is 24.1 Å². The second-order valence-electron chi connectivity index (χ2n) is 6.59. The number of nitrogens with one attached hydrogen (secondary N) is 1. The summed E-state index contributed by atoms with van der Waals surface area (Å²) in [6.45, 7) is 0. The molecule has 1 aliphatic rings. The lowest BCUT2D eigenvalue weighted by Crippen LogP contribution is -2.47. The minimum absolute atomic E-state index is 0.144. The van der Waals surface area contributed by atoms with E-state index in [1.165, 1.54) is 4.90 Å². The maximum Gasteiger partial charge on any atom is 0.274 e. The Hall–Kier alpha value is -2.63. The zero-order valence-corrected chi connectivity index (χ0v) is 14.6. The van der Waals surface area contributed by atoms with E-state index in [9.17, 15) is 9.59 Å². The van der Waals surface area contributed by atoms with E-state index < -0.39 is 6.04 Å². The standard InChI is InChI=1S/C19H23N3O3/c1-22(2)19(24)15(12-13-8-4-3-5-9-13)20-18(23)17-14-10-6-7-11-16(14)25-21-17/h3-5,8-9,15H,6-7,10-12H2,1-2H3,(H,20,23)/t15-/m0/s1. The summed E-state index contributed by atoms with van der Waals surface area (Å²) in [6.07, 6.45) is 4.13. The molecular weight excluding hydrogens is 318 g/mol. The summed E-state index contributed by atoms with van der Waals surface area (Å²) < 4.78 is 5.31. The highest BCUT2D eigenvalue weighted by atomic mass is 16.5. The van der Waals surface area contributed by atoms with Crippen molar-refractivity contribution in [2.45, 2.75) is 38.1 Å². The van der Waals surface area contributed by atoms with Crippen molar-refractivity contribution in [1.82, 2.24) is 15.4 Å². The zero-order chi connectivity index (χ0) is 17.8. The fraction of sp³-hybridized carbons (Fsp3) is 0.421. The molecule has 0 unspecified atom stereocenters. The smallest absolute Gasteiger partial charge is 0.274 e. The molecule has 2 amide bonds. The molecule has 0 saturated heterocycles. The molecule has 1 aromatic heterocycles. The Morgan fingerprint density at radius 2 is 1.92 bits per heavy atom. The number of amides is 2. The van der Waals surface area contributed by atoms with Crippen LogP contribution in [0.1, 0.15) is 40.2 Å². The van der Waals surface area contributed by atoms with Gasteiger partial charge in [-0.3, -0.25) is 9.59 Å². The molecule has 1 N–H and O–H groups in total. The predicted molar refractivity (Wildman–Crippen MR) is 93.2 cm³/mol. The average Bonchev–Trinajstić information content (AvgIpc) is 3.05. The molecule has 2 aromatic rings. The van der Waals surface area contributed by atoms with E-state index in [1.807, 2.05) is 30.3 Å². The van der Waals surface area contributed by atoms with Crippen LogP contribution in [0.15, 0.2) is 34.9 Å². The minimum Gasteiger partial charge on any atom is -0.360 e. The molecular formula is C19H23N3O3. The molecule has 0 fully saturated rings. The maximum atomic E-state index is 12.7. The van der Waals surface area contributed by atoms with E-state index in [0.717, 1.165) is 42.6 Å². The quantitative estimate of drug-likeness (QED) is 0.902. The first-order chi connectivity index (χ1) is 12.1. The number of nitrogens with zero attached hydrogens (tertiary/aromatic N) is 2. The Bertz CT molecular complexity index is 753. The number of carbonyl (C=O) groups is 2. The van der Waals surface area contributed by atoms with Crippen LogP contribution < -0.4 is 5.32 Å². The molecule has 3 rings (SSSR count). The third-order valence-corrected chi connectivity index (χ3v) is 4.49. The van der Waals surface area contributed by atoms with Crippen molar-refractivity contribution < 1.29 is 14.1 Å². The number of hydrogen-bond acceptors (Lipinski definition) is 4. The van der Waals surface area contributed by atoms with Gasteiger partial charge in [0, 0.05) is 32.5 Å². The van der Waals surface area contributed by atoms with Gasteiger partial charge >= 0.3 is 0 Å². The normalized spacial score (nSPS) is 14.5. The summed E-state index contributed by atoms with van der Waals surface area (Å²) in [6, 6.07) is 9.01. The topological polar surface area (TPSA) is 75.4 Å². The number of aryl methyl sites for hydroxylation is 1.